The number of benzene rings is 5. The number of hydrazone groups is 2. The molecule has 5 aromatic carbocycles. The summed E-state index contributed by atoms with van der Waals surface area (Å²) in [5.74, 6) is 0.398. The van der Waals surface area contributed by atoms with Crippen LogP contribution in [0.4, 0.5) is 0 Å². The number of amides is 2. The lowest BCUT2D eigenvalue weighted by Gasteiger charge is -2.09. The van der Waals surface area contributed by atoms with E-state index in [9.17, 15) is 9.59 Å². The lowest BCUT2D eigenvalue weighted by molar-refractivity contribution is 0.0947. The van der Waals surface area contributed by atoms with Gasteiger partial charge in [-0.1, -0.05) is 90.0 Å². The van der Waals surface area contributed by atoms with E-state index in [0.29, 0.717) is 17.7 Å². The molecular formula is C39H38N4O3. The second-order valence-electron chi connectivity index (χ2n) is 10.8. The van der Waals surface area contributed by atoms with Crippen LogP contribution in [0.1, 0.15) is 59.7 Å². The molecular weight excluding hydrogens is 572 g/mol. The highest BCUT2D eigenvalue weighted by molar-refractivity contribution is 5.95. The summed E-state index contributed by atoms with van der Waals surface area (Å²) in [5.41, 5.74) is 13.6. The zero-order valence-corrected chi connectivity index (χ0v) is 26.5. The number of nitrogens with one attached hydrogen (secondary N) is 2. The molecule has 0 saturated carbocycles. The maximum absolute atomic E-state index is 12.0. The van der Waals surface area contributed by atoms with Crippen LogP contribution in [-0.4, -0.2) is 24.2 Å². The molecule has 0 saturated heterocycles. The average molecular weight is 611 g/mol. The van der Waals surface area contributed by atoms with E-state index >= 15 is 0 Å². The fraction of sp³-hybridized carbons (Fsp3) is 0.128. The normalized spacial score (nSPS) is 10.7. The summed E-state index contributed by atoms with van der Waals surface area (Å²) in [7, 11) is 0. The summed E-state index contributed by atoms with van der Waals surface area (Å²) in [5, 5.41) is 8.02. The van der Waals surface area contributed by atoms with E-state index in [1.807, 2.05) is 125 Å². The topological polar surface area (TPSA) is 92.1 Å². The summed E-state index contributed by atoms with van der Waals surface area (Å²) in [6, 6.07) is 38.5. The minimum absolute atomic E-state index is 0.204. The van der Waals surface area contributed by atoms with Gasteiger partial charge in [-0.15, -0.1) is 0 Å². The molecule has 0 radical (unpaired) electrons. The monoisotopic (exact) mass is 610 g/mol. The third-order valence-corrected chi connectivity index (χ3v) is 7.00. The Morgan fingerprint density at radius 2 is 1.15 bits per heavy atom. The van der Waals surface area contributed by atoms with Crippen molar-refractivity contribution in [1.82, 2.24) is 10.9 Å². The maximum atomic E-state index is 12.0. The predicted octanol–water partition coefficient (Wildman–Crippen LogP) is 7.71. The highest BCUT2D eigenvalue weighted by Crippen LogP contribution is 2.20. The van der Waals surface area contributed by atoms with Crippen molar-refractivity contribution in [3.8, 4) is 5.75 Å². The van der Waals surface area contributed by atoms with Gasteiger partial charge >= 0.3 is 0 Å². The zero-order valence-electron chi connectivity index (χ0n) is 26.5. The smallest absolute Gasteiger partial charge is 0.271 e. The van der Waals surface area contributed by atoms with Crippen LogP contribution >= 0.6 is 0 Å². The Bertz CT molecular complexity index is 1800. The van der Waals surface area contributed by atoms with Crippen molar-refractivity contribution in [2.75, 3.05) is 0 Å². The molecule has 0 aliphatic carbocycles. The number of aryl methyl sites for hydroxylation is 4. The molecule has 46 heavy (non-hydrogen) atoms. The summed E-state index contributed by atoms with van der Waals surface area (Å²) in [6.07, 6.45) is 3.28. The van der Waals surface area contributed by atoms with Crippen molar-refractivity contribution in [2.24, 2.45) is 10.2 Å². The van der Waals surface area contributed by atoms with Gasteiger partial charge in [0.2, 0.25) is 0 Å². The van der Waals surface area contributed by atoms with Crippen molar-refractivity contribution in [1.29, 1.82) is 0 Å². The third-order valence-electron chi connectivity index (χ3n) is 7.00. The standard InChI is InChI=1S/C23H22N2O2.C16H16N2O/c1-17-8-11-21(12-9-17)23(26)25-24-15-20-10-13-22(18(2)14-20)27-16-19-6-4-3-5-7-19;1-12-7-9-14(10-8-12)16(19)18-17-11-15-6-4-3-5-13(15)2/h3-15H,16H2,1-2H3,(H,25,26);3-11H,1-2H3,(H,18,19)/b24-15-;17-11-. The number of hydrogen-bond donors (Lipinski definition) is 2. The Kier molecular flexibility index (Phi) is 12.1. The molecule has 232 valence electrons. The molecule has 0 spiro atoms. The van der Waals surface area contributed by atoms with Gasteiger partial charge in [0, 0.05) is 11.1 Å². The van der Waals surface area contributed by atoms with E-state index in [4.69, 9.17) is 4.74 Å². The van der Waals surface area contributed by atoms with E-state index in [0.717, 1.165) is 44.7 Å². The van der Waals surface area contributed by atoms with Crippen molar-refractivity contribution < 1.29 is 14.3 Å². The zero-order chi connectivity index (χ0) is 32.7. The lowest BCUT2D eigenvalue weighted by atomic mass is 10.1. The van der Waals surface area contributed by atoms with Crippen LogP contribution < -0.4 is 15.6 Å². The number of hydrogen-bond acceptors (Lipinski definition) is 5. The van der Waals surface area contributed by atoms with Crippen LogP contribution in [-0.2, 0) is 6.61 Å². The van der Waals surface area contributed by atoms with Crippen LogP contribution in [0, 0.1) is 27.7 Å². The molecule has 0 heterocycles. The predicted molar refractivity (Wildman–Crippen MR) is 186 cm³/mol. The fourth-order valence-electron chi connectivity index (χ4n) is 4.25. The Morgan fingerprint density at radius 1 is 0.609 bits per heavy atom. The first-order valence-electron chi connectivity index (χ1n) is 14.9. The van der Waals surface area contributed by atoms with Crippen LogP contribution in [0.15, 0.2) is 132 Å². The van der Waals surface area contributed by atoms with E-state index < -0.39 is 0 Å². The first-order chi connectivity index (χ1) is 22.3. The number of carbonyl (C=O) groups excluding carboxylic acids is 2. The van der Waals surface area contributed by atoms with Crippen LogP contribution in [0.25, 0.3) is 0 Å². The minimum atomic E-state index is -0.231. The second kappa shape index (κ2) is 16.9. The van der Waals surface area contributed by atoms with Crippen LogP contribution in [0.2, 0.25) is 0 Å². The van der Waals surface area contributed by atoms with Gasteiger partial charge in [-0.2, -0.15) is 10.2 Å². The first kappa shape index (κ1) is 33.1. The van der Waals surface area contributed by atoms with Crippen molar-refractivity contribution in [3.63, 3.8) is 0 Å². The molecule has 0 aromatic heterocycles. The molecule has 7 heteroatoms. The van der Waals surface area contributed by atoms with E-state index in [2.05, 4.69) is 21.1 Å². The van der Waals surface area contributed by atoms with Gasteiger partial charge in [-0.3, -0.25) is 9.59 Å². The molecule has 7 nitrogen and oxygen atoms in total. The number of nitrogens with zero attached hydrogens (tertiary/aromatic N) is 2. The fourth-order valence-corrected chi connectivity index (χ4v) is 4.25. The van der Waals surface area contributed by atoms with E-state index in [-0.39, 0.29) is 11.8 Å². The molecule has 5 aromatic rings. The van der Waals surface area contributed by atoms with Crippen molar-refractivity contribution in [2.45, 2.75) is 34.3 Å². The van der Waals surface area contributed by atoms with Crippen LogP contribution in [0.3, 0.4) is 0 Å². The van der Waals surface area contributed by atoms with Gasteiger partial charge in [0.1, 0.15) is 12.4 Å². The van der Waals surface area contributed by atoms with Gasteiger partial charge in [0.15, 0.2) is 0 Å². The average Bonchev–Trinajstić information content (AvgIpc) is 3.06. The van der Waals surface area contributed by atoms with Crippen molar-refractivity contribution in [3.05, 3.63) is 171 Å². The molecule has 0 aliphatic rings. The van der Waals surface area contributed by atoms with E-state index in [1.165, 1.54) is 0 Å². The summed E-state index contributed by atoms with van der Waals surface area (Å²) in [6.45, 7) is 8.49. The Balaban J connectivity index is 0.000000222. The lowest BCUT2D eigenvalue weighted by Crippen LogP contribution is -2.17. The minimum Gasteiger partial charge on any atom is -0.489 e. The summed E-state index contributed by atoms with van der Waals surface area (Å²) in [4.78, 5) is 23.8. The van der Waals surface area contributed by atoms with Crippen LogP contribution in [0.5, 0.6) is 5.75 Å². The van der Waals surface area contributed by atoms with Gasteiger partial charge in [0.05, 0.1) is 12.4 Å². The SMILES string of the molecule is Cc1ccc(C(=O)N/N=C\c2ccc(OCc3ccccc3)c(C)c2)cc1.Cc1ccc(C(=O)N/N=C\c2ccccc2C)cc1. The van der Waals surface area contributed by atoms with E-state index in [1.54, 1.807) is 36.7 Å². The molecule has 5 rings (SSSR count). The summed E-state index contributed by atoms with van der Waals surface area (Å²) >= 11 is 0. The largest absolute Gasteiger partial charge is 0.489 e. The molecule has 2 amide bonds. The first-order valence-corrected chi connectivity index (χ1v) is 14.9. The molecule has 0 bridgehead atoms. The van der Waals surface area contributed by atoms with Gasteiger partial charge in [-0.05, 0) is 98.0 Å². The molecule has 0 atom stereocenters. The van der Waals surface area contributed by atoms with Crippen molar-refractivity contribution >= 4 is 24.2 Å². The molecule has 2 N–H and O–H groups in total. The van der Waals surface area contributed by atoms with Gasteiger partial charge in [-0.25, -0.2) is 10.9 Å². The molecule has 0 fully saturated rings. The Hall–Kier alpha value is -5.82. The maximum Gasteiger partial charge on any atom is 0.271 e. The molecule has 0 aliphatic heterocycles. The Morgan fingerprint density at radius 3 is 1.72 bits per heavy atom. The highest BCUT2D eigenvalue weighted by Gasteiger charge is 2.05. The number of carbonyl (C=O) groups is 2. The quantitative estimate of drug-likeness (QED) is 0.132. The summed E-state index contributed by atoms with van der Waals surface area (Å²) < 4.78 is 5.87. The second-order valence-corrected chi connectivity index (χ2v) is 10.8. The Labute approximate surface area is 270 Å². The molecule has 0 unspecified atom stereocenters. The third kappa shape index (κ3) is 10.4. The number of ether oxygens (including phenoxy) is 1. The number of rotatable bonds is 9. The van der Waals surface area contributed by atoms with Gasteiger partial charge in [0.25, 0.3) is 11.8 Å². The van der Waals surface area contributed by atoms with Gasteiger partial charge < -0.3 is 4.74 Å². The highest BCUT2D eigenvalue weighted by atomic mass is 16.5.